The molecule has 0 aromatic heterocycles. The van der Waals surface area contributed by atoms with Gasteiger partial charge in [0, 0.05) is 30.3 Å². The van der Waals surface area contributed by atoms with E-state index in [2.05, 4.69) is 54.5 Å². The monoisotopic (exact) mass is 288 g/mol. The first-order valence-corrected chi connectivity index (χ1v) is 7.21. The lowest BCUT2D eigenvalue weighted by molar-refractivity contribution is 0.649. The minimum Gasteiger partial charge on any atom is -0.370 e. The first kappa shape index (κ1) is 14.9. The van der Waals surface area contributed by atoms with Crippen molar-refractivity contribution < 1.29 is 0 Å². The van der Waals surface area contributed by atoms with Crippen molar-refractivity contribution in [3.63, 3.8) is 0 Å². The maximum Gasteiger partial charge on any atom is 0.0426 e. The molecule has 0 aliphatic heterocycles. The highest BCUT2D eigenvalue weighted by molar-refractivity contribution is 6.30. The van der Waals surface area contributed by atoms with Gasteiger partial charge < -0.3 is 10.2 Å². The minimum absolute atomic E-state index is 0.327. The minimum atomic E-state index is 0.327. The summed E-state index contributed by atoms with van der Waals surface area (Å²) in [6, 6.07) is 16.8. The molecule has 0 aliphatic carbocycles. The van der Waals surface area contributed by atoms with Crippen LogP contribution >= 0.6 is 11.6 Å². The largest absolute Gasteiger partial charge is 0.370 e. The molecule has 0 spiro atoms. The molecule has 3 heteroatoms. The zero-order valence-electron chi connectivity index (χ0n) is 12.2. The molecule has 106 valence electrons. The highest BCUT2D eigenvalue weighted by Gasteiger charge is 2.11. The molecule has 0 fully saturated rings. The van der Waals surface area contributed by atoms with Crippen LogP contribution in [0.25, 0.3) is 0 Å². The van der Waals surface area contributed by atoms with Crippen LogP contribution in [0.2, 0.25) is 5.02 Å². The molecule has 1 N–H and O–H groups in total. The van der Waals surface area contributed by atoms with Crippen LogP contribution in [0, 0.1) is 0 Å². The summed E-state index contributed by atoms with van der Waals surface area (Å²) in [6.45, 7) is 3.01. The molecular formula is C17H21ClN2. The molecular weight excluding hydrogens is 268 g/mol. The van der Waals surface area contributed by atoms with E-state index in [1.54, 1.807) is 0 Å². The second-order valence-electron chi connectivity index (χ2n) is 5.06. The third-order valence-electron chi connectivity index (χ3n) is 3.56. The highest BCUT2D eigenvalue weighted by Crippen LogP contribution is 2.26. The van der Waals surface area contributed by atoms with E-state index in [1.165, 1.54) is 16.8 Å². The van der Waals surface area contributed by atoms with E-state index in [0.29, 0.717) is 6.04 Å². The lowest BCUT2D eigenvalue weighted by Crippen LogP contribution is -2.21. The Morgan fingerprint density at radius 2 is 1.90 bits per heavy atom. The molecule has 2 aromatic carbocycles. The maximum atomic E-state index is 6.05. The van der Waals surface area contributed by atoms with Crippen LogP contribution < -0.4 is 10.2 Å². The smallest absolute Gasteiger partial charge is 0.0426 e. The lowest BCUT2D eigenvalue weighted by atomic mass is 10.0. The molecule has 0 saturated carbocycles. The van der Waals surface area contributed by atoms with Gasteiger partial charge in [-0.1, -0.05) is 41.9 Å². The molecule has 1 atom stereocenters. The molecule has 0 heterocycles. The van der Waals surface area contributed by atoms with Crippen LogP contribution in [0.15, 0.2) is 48.5 Å². The number of nitrogens with zero attached hydrogens (tertiary/aromatic N) is 1. The molecule has 0 aliphatic rings. The van der Waals surface area contributed by atoms with Gasteiger partial charge >= 0.3 is 0 Å². The van der Waals surface area contributed by atoms with Gasteiger partial charge in [0.25, 0.3) is 0 Å². The van der Waals surface area contributed by atoms with Gasteiger partial charge in [0.1, 0.15) is 0 Å². The second-order valence-corrected chi connectivity index (χ2v) is 5.49. The van der Waals surface area contributed by atoms with Crippen molar-refractivity contribution in [1.29, 1.82) is 0 Å². The lowest BCUT2D eigenvalue weighted by Gasteiger charge is -2.25. The third-order valence-corrected chi connectivity index (χ3v) is 3.79. The van der Waals surface area contributed by atoms with Crippen LogP contribution in [0.5, 0.6) is 0 Å². The number of nitrogens with one attached hydrogen (secondary N) is 1. The predicted molar refractivity (Wildman–Crippen MR) is 87.5 cm³/mol. The third kappa shape index (κ3) is 3.53. The molecule has 2 rings (SSSR count). The van der Waals surface area contributed by atoms with Crippen molar-refractivity contribution in [1.82, 2.24) is 5.32 Å². The Morgan fingerprint density at radius 1 is 1.15 bits per heavy atom. The Kier molecular flexibility index (Phi) is 5.05. The Bertz CT molecular complexity index is 568. The van der Waals surface area contributed by atoms with E-state index in [9.17, 15) is 0 Å². The summed E-state index contributed by atoms with van der Waals surface area (Å²) < 4.78 is 0. The first-order chi connectivity index (χ1) is 9.61. The Hall–Kier alpha value is -1.51. The Balaban J connectivity index is 2.23. The van der Waals surface area contributed by atoms with Crippen molar-refractivity contribution in [3.8, 4) is 0 Å². The van der Waals surface area contributed by atoms with E-state index in [-0.39, 0.29) is 0 Å². The quantitative estimate of drug-likeness (QED) is 0.884. The molecule has 1 unspecified atom stereocenters. The fraction of sp³-hybridized carbons (Fsp3) is 0.294. The maximum absolute atomic E-state index is 6.05. The van der Waals surface area contributed by atoms with Gasteiger partial charge in [-0.3, -0.25) is 0 Å². The van der Waals surface area contributed by atoms with Gasteiger partial charge in [-0.15, -0.1) is 0 Å². The molecule has 2 nitrogen and oxygen atoms in total. The van der Waals surface area contributed by atoms with Crippen LogP contribution in [0.1, 0.15) is 24.1 Å². The molecule has 0 saturated heterocycles. The molecule has 2 aromatic rings. The van der Waals surface area contributed by atoms with Crippen molar-refractivity contribution in [3.05, 3.63) is 64.7 Å². The van der Waals surface area contributed by atoms with Crippen LogP contribution in [0.3, 0.4) is 0 Å². The number of halogens is 1. The van der Waals surface area contributed by atoms with Crippen molar-refractivity contribution in [2.75, 3.05) is 19.0 Å². The molecule has 0 bridgehead atoms. The van der Waals surface area contributed by atoms with E-state index in [4.69, 9.17) is 11.6 Å². The average Bonchev–Trinajstić information content (AvgIpc) is 2.46. The molecule has 0 amide bonds. The summed E-state index contributed by atoms with van der Waals surface area (Å²) in [7, 11) is 4.10. The summed E-state index contributed by atoms with van der Waals surface area (Å²) >= 11 is 6.05. The molecule has 0 radical (unpaired) electrons. The zero-order chi connectivity index (χ0) is 14.5. The number of hydrogen-bond donors (Lipinski definition) is 1. The van der Waals surface area contributed by atoms with Crippen LogP contribution in [-0.2, 0) is 6.54 Å². The summed E-state index contributed by atoms with van der Waals surface area (Å²) in [5, 5.41) is 4.09. The van der Waals surface area contributed by atoms with Gasteiger partial charge in [0.15, 0.2) is 0 Å². The number of hydrogen-bond acceptors (Lipinski definition) is 2. The number of benzene rings is 2. The van der Waals surface area contributed by atoms with Crippen LogP contribution in [-0.4, -0.2) is 14.1 Å². The summed E-state index contributed by atoms with van der Waals surface area (Å²) in [5.74, 6) is 0. The van der Waals surface area contributed by atoms with Crippen molar-refractivity contribution in [2.45, 2.75) is 19.5 Å². The van der Waals surface area contributed by atoms with E-state index in [1.807, 2.05) is 25.2 Å². The zero-order valence-corrected chi connectivity index (χ0v) is 13.0. The SMILES string of the molecule is CNC(C)c1ccccc1N(C)Cc1cccc(Cl)c1. The molecule has 20 heavy (non-hydrogen) atoms. The fourth-order valence-corrected chi connectivity index (χ4v) is 2.56. The average molecular weight is 289 g/mol. The van der Waals surface area contributed by atoms with Gasteiger partial charge in [-0.2, -0.15) is 0 Å². The summed E-state index contributed by atoms with van der Waals surface area (Å²) in [6.07, 6.45) is 0. The van der Waals surface area contributed by atoms with Gasteiger partial charge in [-0.05, 0) is 43.3 Å². The fourth-order valence-electron chi connectivity index (χ4n) is 2.35. The number of rotatable bonds is 5. The van der Waals surface area contributed by atoms with Gasteiger partial charge in [0.05, 0.1) is 0 Å². The van der Waals surface area contributed by atoms with Crippen molar-refractivity contribution in [2.24, 2.45) is 0 Å². The van der Waals surface area contributed by atoms with E-state index < -0.39 is 0 Å². The number of para-hydroxylation sites is 1. The van der Waals surface area contributed by atoms with E-state index >= 15 is 0 Å². The summed E-state index contributed by atoms with van der Waals surface area (Å²) in [4.78, 5) is 2.26. The van der Waals surface area contributed by atoms with Gasteiger partial charge in [0.2, 0.25) is 0 Å². The van der Waals surface area contributed by atoms with Crippen LogP contribution in [0.4, 0.5) is 5.69 Å². The van der Waals surface area contributed by atoms with Gasteiger partial charge in [-0.25, -0.2) is 0 Å². The predicted octanol–water partition coefficient (Wildman–Crippen LogP) is 4.26. The second kappa shape index (κ2) is 6.78. The normalized spacial score (nSPS) is 12.2. The summed E-state index contributed by atoms with van der Waals surface area (Å²) in [5.41, 5.74) is 3.76. The first-order valence-electron chi connectivity index (χ1n) is 6.83. The Labute approximate surface area is 126 Å². The standard InChI is InChI=1S/C17H21ClN2/c1-13(19-2)16-9-4-5-10-17(16)20(3)12-14-7-6-8-15(18)11-14/h4-11,13,19H,12H2,1-3H3. The van der Waals surface area contributed by atoms with E-state index in [0.717, 1.165) is 11.6 Å². The number of anilines is 1. The van der Waals surface area contributed by atoms with Crippen molar-refractivity contribution >= 4 is 17.3 Å². The highest BCUT2D eigenvalue weighted by atomic mass is 35.5. The Morgan fingerprint density at radius 3 is 2.60 bits per heavy atom. The topological polar surface area (TPSA) is 15.3 Å².